The van der Waals surface area contributed by atoms with Crippen molar-refractivity contribution < 1.29 is 9.59 Å². The molecule has 1 saturated heterocycles. The third-order valence-electron chi connectivity index (χ3n) is 4.37. The van der Waals surface area contributed by atoms with Gasteiger partial charge >= 0.3 is 0 Å². The van der Waals surface area contributed by atoms with Gasteiger partial charge in [-0.15, -0.1) is 0 Å². The summed E-state index contributed by atoms with van der Waals surface area (Å²) in [6.45, 7) is 1.11. The van der Waals surface area contributed by atoms with Crippen LogP contribution in [-0.2, 0) is 0 Å². The Morgan fingerprint density at radius 2 is 1.65 bits per heavy atom. The van der Waals surface area contributed by atoms with Crippen molar-refractivity contribution in [3.63, 3.8) is 0 Å². The summed E-state index contributed by atoms with van der Waals surface area (Å²) in [5, 5.41) is 4.37. The summed E-state index contributed by atoms with van der Waals surface area (Å²) in [7, 11) is 0. The van der Waals surface area contributed by atoms with Gasteiger partial charge in [-0.05, 0) is 49.2 Å². The minimum absolute atomic E-state index is 0.0196. The molecule has 0 atom stereocenters. The zero-order valence-electron chi connectivity index (χ0n) is 13.8. The molecule has 1 aliphatic heterocycles. The zero-order valence-corrected chi connectivity index (χ0v) is 16.1. The predicted molar refractivity (Wildman–Crippen MR) is 104 cm³/mol. The smallest absolute Gasteiger partial charge is 0.255 e. The van der Waals surface area contributed by atoms with Gasteiger partial charge in [0.15, 0.2) is 0 Å². The van der Waals surface area contributed by atoms with Crippen molar-refractivity contribution in [2.24, 2.45) is 0 Å². The van der Waals surface area contributed by atoms with Gasteiger partial charge in [-0.3, -0.25) is 9.59 Å². The summed E-state index contributed by atoms with van der Waals surface area (Å²) in [6.07, 6.45) is 1.37. The lowest BCUT2D eigenvalue weighted by Crippen LogP contribution is -2.46. The van der Waals surface area contributed by atoms with E-state index in [-0.39, 0.29) is 17.9 Å². The lowest BCUT2D eigenvalue weighted by atomic mass is 10.0. The highest BCUT2D eigenvalue weighted by molar-refractivity contribution is 6.36. The summed E-state index contributed by atoms with van der Waals surface area (Å²) in [6, 6.07) is 11.7. The highest BCUT2D eigenvalue weighted by Crippen LogP contribution is 2.24. The maximum absolute atomic E-state index is 12.6. The average Bonchev–Trinajstić information content (AvgIpc) is 2.62. The van der Waals surface area contributed by atoms with Gasteiger partial charge in [0.1, 0.15) is 0 Å². The van der Waals surface area contributed by atoms with E-state index in [0.29, 0.717) is 52.1 Å². The number of nitrogens with one attached hydrogen (secondary N) is 1. The summed E-state index contributed by atoms with van der Waals surface area (Å²) < 4.78 is 0. The molecule has 4 nitrogen and oxygen atoms in total. The second-order valence-electron chi connectivity index (χ2n) is 6.17. The molecule has 0 aliphatic carbocycles. The molecule has 2 amide bonds. The number of rotatable bonds is 3. The second kappa shape index (κ2) is 8.30. The number of amides is 2. The molecule has 136 valence electrons. The number of carbonyl (C=O) groups excluding carboxylic acids is 2. The fraction of sp³-hybridized carbons (Fsp3) is 0.263. The topological polar surface area (TPSA) is 49.4 Å². The fourth-order valence-electron chi connectivity index (χ4n) is 2.96. The van der Waals surface area contributed by atoms with E-state index < -0.39 is 0 Å². The van der Waals surface area contributed by atoms with E-state index in [2.05, 4.69) is 5.32 Å². The van der Waals surface area contributed by atoms with Gasteiger partial charge in [0.2, 0.25) is 0 Å². The number of nitrogens with zero attached hydrogens (tertiary/aromatic N) is 1. The van der Waals surface area contributed by atoms with Crippen molar-refractivity contribution >= 4 is 46.6 Å². The van der Waals surface area contributed by atoms with E-state index >= 15 is 0 Å². The SMILES string of the molecule is O=C(NC1CCN(C(=O)c2ccc(Cl)cc2Cl)CC1)c1cccc(Cl)c1. The summed E-state index contributed by atoms with van der Waals surface area (Å²) in [4.78, 5) is 26.7. The molecule has 7 heteroatoms. The number of carbonyl (C=O) groups is 2. The van der Waals surface area contributed by atoms with Crippen LogP contribution in [0.2, 0.25) is 15.1 Å². The Bertz CT molecular complexity index is 833. The van der Waals surface area contributed by atoms with Crippen LogP contribution in [0.15, 0.2) is 42.5 Å². The van der Waals surface area contributed by atoms with Crippen LogP contribution in [0.4, 0.5) is 0 Å². The third kappa shape index (κ3) is 4.50. The first-order valence-corrected chi connectivity index (χ1v) is 9.38. The van der Waals surface area contributed by atoms with Gasteiger partial charge in [0.05, 0.1) is 10.6 Å². The Morgan fingerprint density at radius 3 is 2.31 bits per heavy atom. The van der Waals surface area contributed by atoms with Crippen molar-refractivity contribution in [3.8, 4) is 0 Å². The largest absolute Gasteiger partial charge is 0.349 e. The van der Waals surface area contributed by atoms with Crippen LogP contribution in [-0.4, -0.2) is 35.8 Å². The van der Waals surface area contributed by atoms with E-state index in [1.54, 1.807) is 47.4 Å². The molecule has 0 unspecified atom stereocenters. The average molecular weight is 412 g/mol. The third-order valence-corrected chi connectivity index (χ3v) is 5.15. The lowest BCUT2D eigenvalue weighted by Gasteiger charge is -2.32. The molecule has 0 saturated carbocycles. The molecule has 1 heterocycles. The normalized spacial score (nSPS) is 15.0. The summed E-state index contributed by atoms with van der Waals surface area (Å²) in [5.41, 5.74) is 0.974. The van der Waals surface area contributed by atoms with Gasteiger partial charge in [-0.2, -0.15) is 0 Å². The van der Waals surface area contributed by atoms with Crippen molar-refractivity contribution in [1.29, 1.82) is 0 Å². The summed E-state index contributed by atoms with van der Waals surface area (Å²) >= 11 is 17.9. The number of halogens is 3. The first-order valence-electron chi connectivity index (χ1n) is 8.25. The molecular weight excluding hydrogens is 395 g/mol. The van der Waals surface area contributed by atoms with Crippen LogP contribution in [0.25, 0.3) is 0 Å². The minimum Gasteiger partial charge on any atom is -0.349 e. The molecule has 2 aromatic rings. The Hall–Kier alpha value is -1.75. The highest BCUT2D eigenvalue weighted by atomic mass is 35.5. The molecule has 2 aromatic carbocycles. The second-order valence-corrected chi connectivity index (χ2v) is 7.45. The maximum Gasteiger partial charge on any atom is 0.255 e. The standard InChI is InChI=1S/C19H17Cl3N2O2/c20-13-3-1-2-12(10-13)18(25)23-15-6-8-24(9-7-15)19(26)16-5-4-14(21)11-17(16)22/h1-5,10-11,15H,6-9H2,(H,23,25). The van der Waals surface area contributed by atoms with Crippen molar-refractivity contribution in [2.75, 3.05) is 13.1 Å². The van der Waals surface area contributed by atoms with Crippen LogP contribution in [0.5, 0.6) is 0 Å². The number of piperidine rings is 1. The highest BCUT2D eigenvalue weighted by Gasteiger charge is 2.26. The first kappa shape index (κ1) is 19.0. The molecular formula is C19H17Cl3N2O2. The molecule has 26 heavy (non-hydrogen) atoms. The van der Waals surface area contributed by atoms with Gasteiger partial charge < -0.3 is 10.2 Å². The zero-order chi connectivity index (χ0) is 18.7. The fourth-order valence-corrected chi connectivity index (χ4v) is 3.64. The monoisotopic (exact) mass is 410 g/mol. The van der Waals surface area contributed by atoms with E-state index in [1.165, 1.54) is 0 Å². The lowest BCUT2D eigenvalue weighted by molar-refractivity contribution is 0.0698. The van der Waals surface area contributed by atoms with Gasteiger partial charge in [0, 0.05) is 34.7 Å². The minimum atomic E-state index is -0.155. The molecule has 1 fully saturated rings. The van der Waals surface area contributed by atoms with E-state index in [0.717, 1.165) is 0 Å². The Labute approximate surface area is 167 Å². The quantitative estimate of drug-likeness (QED) is 0.797. The van der Waals surface area contributed by atoms with E-state index in [4.69, 9.17) is 34.8 Å². The van der Waals surface area contributed by atoms with Gasteiger partial charge in [0.25, 0.3) is 11.8 Å². The van der Waals surface area contributed by atoms with Crippen LogP contribution < -0.4 is 5.32 Å². The molecule has 1 N–H and O–H groups in total. The Kier molecular flexibility index (Phi) is 6.07. The molecule has 0 bridgehead atoms. The van der Waals surface area contributed by atoms with Gasteiger partial charge in [-0.1, -0.05) is 40.9 Å². The van der Waals surface area contributed by atoms with Crippen molar-refractivity contribution in [2.45, 2.75) is 18.9 Å². The maximum atomic E-state index is 12.6. The summed E-state index contributed by atoms with van der Waals surface area (Å²) in [5.74, 6) is -0.274. The van der Waals surface area contributed by atoms with Crippen LogP contribution >= 0.6 is 34.8 Å². The number of hydrogen-bond donors (Lipinski definition) is 1. The molecule has 0 aromatic heterocycles. The van der Waals surface area contributed by atoms with E-state index in [1.807, 2.05) is 0 Å². The number of likely N-dealkylation sites (tertiary alicyclic amines) is 1. The van der Waals surface area contributed by atoms with Crippen molar-refractivity contribution in [3.05, 3.63) is 68.7 Å². The molecule has 1 aliphatic rings. The predicted octanol–water partition coefficient (Wildman–Crippen LogP) is 4.68. The number of benzene rings is 2. The first-order chi connectivity index (χ1) is 12.4. The number of hydrogen-bond acceptors (Lipinski definition) is 2. The van der Waals surface area contributed by atoms with Gasteiger partial charge in [-0.25, -0.2) is 0 Å². The van der Waals surface area contributed by atoms with Crippen LogP contribution in [0.3, 0.4) is 0 Å². The molecule has 3 rings (SSSR count). The molecule has 0 radical (unpaired) electrons. The van der Waals surface area contributed by atoms with Crippen LogP contribution in [0.1, 0.15) is 33.6 Å². The Morgan fingerprint density at radius 1 is 0.962 bits per heavy atom. The Balaban J connectivity index is 1.57. The van der Waals surface area contributed by atoms with Crippen LogP contribution in [0, 0.1) is 0 Å². The molecule has 0 spiro atoms. The van der Waals surface area contributed by atoms with Crippen molar-refractivity contribution in [1.82, 2.24) is 10.2 Å². The van der Waals surface area contributed by atoms with E-state index in [9.17, 15) is 9.59 Å².